The maximum atomic E-state index is 12.8. The average Bonchev–Trinajstić information content (AvgIpc) is 3.03. The molecule has 1 aliphatic rings. The summed E-state index contributed by atoms with van der Waals surface area (Å²) >= 11 is 0. The first-order valence-electron chi connectivity index (χ1n) is 7.74. The Labute approximate surface area is 129 Å². The lowest BCUT2D eigenvalue weighted by Gasteiger charge is -2.12. The topological polar surface area (TPSA) is 62.7 Å². The minimum absolute atomic E-state index is 0.213. The number of nitrogens with one attached hydrogen (secondary N) is 2. The Balaban J connectivity index is 1.50. The molecule has 0 radical (unpaired) electrons. The Kier molecular flexibility index (Phi) is 4.78. The van der Waals surface area contributed by atoms with Crippen LogP contribution >= 0.6 is 0 Å². The van der Waals surface area contributed by atoms with Crippen LogP contribution in [0.3, 0.4) is 0 Å². The molecule has 2 N–H and O–H groups in total. The molecule has 1 aromatic carbocycles. The molecule has 0 saturated heterocycles. The van der Waals surface area contributed by atoms with Gasteiger partial charge in [-0.15, -0.1) is 5.10 Å². The Morgan fingerprint density at radius 2 is 1.91 bits per heavy atom. The molecule has 2 aromatic rings. The molecule has 0 amide bonds. The number of aromatic nitrogens is 3. The lowest BCUT2D eigenvalue weighted by Crippen LogP contribution is -2.17. The fourth-order valence-corrected chi connectivity index (χ4v) is 2.70. The van der Waals surface area contributed by atoms with Gasteiger partial charge in [0.05, 0.1) is 6.20 Å². The van der Waals surface area contributed by atoms with Crippen molar-refractivity contribution in [2.75, 3.05) is 17.2 Å². The molecule has 6 heteroatoms. The number of hydrogen-bond donors (Lipinski definition) is 2. The van der Waals surface area contributed by atoms with Gasteiger partial charge in [-0.05, 0) is 37.0 Å². The molecule has 1 aromatic heterocycles. The van der Waals surface area contributed by atoms with Crippen LogP contribution in [0.4, 0.5) is 16.2 Å². The molecule has 22 heavy (non-hydrogen) atoms. The first kappa shape index (κ1) is 14.7. The van der Waals surface area contributed by atoms with Crippen molar-refractivity contribution in [1.82, 2.24) is 15.2 Å². The lowest BCUT2D eigenvalue weighted by atomic mass is 10.1. The second-order valence-electron chi connectivity index (χ2n) is 5.59. The number of benzene rings is 1. The van der Waals surface area contributed by atoms with Gasteiger partial charge >= 0.3 is 0 Å². The quantitative estimate of drug-likeness (QED) is 0.858. The summed E-state index contributed by atoms with van der Waals surface area (Å²) in [5.74, 6) is 1.08. The average molecular weight is 301 g/mol. The summed E-state index contributed by atoms with van der Waals surface area (Å²) in [7, 11) is 0. The summed E-state index contributed by atoms with van der Waals surface area (Å²) < 4.78 is 12.8. The molecule has 0 atom stereocenters. The van der Waals surface area contributed by atoms with E-state index in [1.54, 1.807) is 18.3 Å². The van der Waals surface area contributed by atoms with Crippen molar-refractivity contribution >= 4 is 11.8 Å². The Morgan fingerprint density at radius 3 is 2.68 bits per heavy atom. The summed E-state index contributed by atoms with van der Waals surface area (Å²) in [5.41, 5.74) is 1.07. The highest BCUT2D eigenvalue weighted by molar-refractivity contribution is 5.38. The van der Waals surface area contributed by atoms with E-state index in [0.29, 0.717) is 18.5 Å². The smallest absolute Gasteiger partial charge is 0.244 e. The highest BCUT2D eigenvalue weighted by Gasteiger charge is 2.15. The van der Waals surface area contributed by atoms with Crippen molar-refractivity contribution in [1.29, 1.82) is 0 Å². The van der Waals surface area contributed by atoms with E-state index in [9.17, 15) is 4.39 Å². The van der Waals surface area contributed by atoms with E-state index in [2.05, 4.69) is 25.8 Å². The van der Waals surface area contributed by atoms with E-state index in [1.807, 2.05) is 0 Å². The third kappa shape index (κ3) is 4.13. The van der Waals surface area contributed by atoms with Crippen molar-refractivity contribution in [3.05, 3.63) is 41.8 Å². The van der Waals surface area contributed by atoms with Crippen LogP contribution in [0.25, 0.3) is 0 Å². The van der Waals surface area contributed by atoms with E-state index < -0.39 is 0 Å². The van der Waals surface area contributed by atoms with Crippen LogP contribution in [-0.2, 0) is 6.42 Å². The summed E-state index contributed by atoms with van der Waals surface area (Å²) in [5, 5.41) is 14.5. The van der Waals surface area contributed by atoms with Gasteiger partial charge in [0.2, 0.25) is 5.95 Å². The van der Waals surface area contributed by atoms with Gasteiger partial charge in [0.15, 0.2) is 5.82 Å². The van der Waals surface area contributed by atoms with Gasteiger partial charge in [0.25, 0.3) is 0 Å². The molecular formula is C16H20FN5. The zero-order valence-electron chi connectivity index (χ0n) is 12.4. The molecule has 0 aliphatic heterocycles. The van der Waals surface area contributed by atoms with Crippen LogP contribution in [-0.4, -0.2) is 27.8 Å². The molecule has 1 heterocycles. The van der Waals surface area contributed by atoms with E-state index in [0.717, 1.165) is 17.8 Å². The van der Waals surface area contributed by atoms with Crippen molar-refractivity contribution in [3.8, 4) is 0 Å². The normalized spacial score (nSPS) is 15.0. The minimum atomic E-state index is -0.213. The van der Waals surface area contributed by atoms with Crippen LogP contribution in [0.5, 0.6) is 0 Å². The monoisotopic (exact) mass is 301 g/mol. The maximum absolute atomic E-state index is 12.8. The summed E-state index contributed by atoms with van der Waals surface area (Å²) in [6, 6.07) is 7.02. The highest BCUT2D eigenvalue weighted by atomic mass is 19.1. The van der Waals surface area contributed by atoms with Gasteiger partial charge in [-0.1, -0.05) is 25.0 Å². The zero-order chi connectivity index (χ0) is 15.2. The highest BCUT2D eigenvalue weighted by Crippen LogP contribution is 2.21. The molecule has 0 bridgehead atoms. The van der Waals surface area contributed by atoms with E-state index in [1.165, 1.54) is 37.8 Å². The lowest BCUT2D eigenvalue weighted by molar-refractivity contribution is 0.627. The van der Waals surface area contributed by atoms with Crippen molar-refractivity contribution < 1.29 is 4.39 Å². The third-order valence-corrected chi connectivity index (χ3v) is 3.88. The van der Waals surface area contributed by atoms with E-state index in [-0.39, 0.29) is 5.82 Å². The predicted octanol–water partition coefficient (Wildman–Crippen LogP) is 3.02. The molecule has 116 valence electrons. The Hall–Kier alpha value is -2.24. The van der Waals surface area contributed by atoms with Crippen molar-refractivity contribution in [2.45, 2.75) is 38.1 Å². The van der Waals surface area contributed by atoms with Gasteiger partial charge in [-0.25, -0.2) is 4.39 Å². The number of halogens is 1. The minimum Gasteiger partial charge on any atom is -0.366 e. The number of anilines is 2. The zero-order valence-corrected chi connectivity index (χ0v) is 12.4. The van der Waals surface area contributed by atoms with Gasteiger partial charge < -0.3 is 10.6 Å². The van der Waals surface area contributed by atoms with Gasteiger partial charge in [0.1, 0.15) is 5.82 Å². The molecule has 1 aliphatic carbocycles. The molecule has 1 saturated carbocycles. The molecule has 1 fully saturated rings. The SMILES string of the molecule is Fc1ccc(CCNc2nncc(NC3CCCC3)n2)cc1. The first-order chi connectivity index (χ1) is 10.8. The number of rotatable bonds is 6. The molecule has 0 unspecified atom stereocenters. The largest absolute Gasteiger partial charge is 0.366 e. The fraction of sp³-hybridized carbons (Fsp3) is 0.438. The number of nitrogens with zero attached hydrogens (tertiary/aromatic N) is 3. The molecular weight excluding hydrogens is 281 g/mol. The van der Waals surface area contributed by atoms with Gasteiger partial charge in [0, 0.05) is 12.6 Å². The fourth-order valence-electron chi connectivity index (χ4n) is 2.70. The third-order valence-electron chi connectivity index (χ3n) is 3.88. The number of hydrogen-bond acceptors (Lipinski definition) is 5. The van der Waals surface area contributed by atoms with Crippen molar-refractivity contribution in [2.24, 2.45) is 0 Å². The summed E-state index contributed by atoms with van der Waals surface area (Å²) in [6.45, 7) is 0.681. The van der Waals surface area contributed by atoms with Crippen molar-refractivity contribution in [3.63, 3.8) is 0 Å². The summed E-state index contributed by atoms with van der Waals surface area (Å²) in [6.07, 6.45) is 7.37. The molecule has 5 nitrogen and oxygen atoms in total. The van der Waals surface area contributed by atoms with Crippen LogP contribution in [0.1, 0.15) is 31.2 Å². The van der Waals surface area contributed by atoms with Gasteiger partial charge in [-0.2, -0.15) is 10.1 Å². The summed E-state index contributed by atoms with van der Waals surface area (Å²) in [4.78, 5) is 4.43. The van der Waals surface area contributed by atoms with Crippen LogP contribution < -0.4 is 10.6 Å². The van der Waals surface area contributed by atoms with Crippen LogP contribution in [0, 0.1) is 5.82 Å². The Bertz CT molecular complexity index is 596. The second kappa shape index (κ2) is 7.15. The van der Waals surface area contributed by atoms with E-state index >= 15 is 0 Å². The van der Waals surface area contributed by atoms with Crippen LogP contribution in [0.2, 0.25) is 0 Å². The molecule has 3 rings (SSSR count). The second-order valence-corrected chi connectivity index (χ2v) is 5.59. The predicted molar refractivity (Wildman–Crippen MR) is 84.3 cm³/mol. The van der Waals surface area contributed by atoms with E-state index in [4.69, 9.17) is 0 Å². The molecule has 0 spiro atoms. The standard InChI is InChI=1S/C16H20FN5/c17-13-7-5-12(6-8-13)9-10-18-16-21-15(11-19-22-16)20-14-3-1-2-4-14/h5-8,11,14H,1-4,9-10H2,(H2,18,20,21,22). The van der Waals surface area contributed by atoms with Gasteiger partial charge in [-0.3, -0.25) is 0 Å². The first-order valence-corrected chi connectivity index (χ1v) is 7.74. The maximum Gasteiger partial charge on any atom is 0.244 e. The Morgan fingerprint density at radius 1 is 1.14 bits per heavy atom. The van der Waals surface area contributed by atoms with Crippen LogP contribution in [0.15, 0.2) is 30.5 Å².